The minimum Gasteiger partial charge on any atom is -0.469 e. The lowest BCUT2D eigenvalue weighted by Crippen LogP contribution is -2.36. The van der Waals surface area contributed by atoms with Crippen LogP contribution in [0.2, 0.25) is 0 Å². The molecule has 3 fully saturated rings. The van der Waals surface area contributed by atoms with Crippen molar-refractivity contribution in [2.24, 2.45) is 17.8 Å². The molecular weight excluding hydrogens is 338 g/mol. The maximum absolute atomic E-state index is 13.1. The molecule has 0 radical (unpaired) electrons. The number of hydrogen-bond donors (Lipinski definition) is 1. The number of hydrogen-bond acceptors (Lipinski definition) is 6. The Balaban J connectivity index is 1.55. The fourth-order valence-electron chi connectivity index (χ4n) is 4.34. The predicted molar refractivity (Wildman–Crippen MR) is 90.3 cm³/mol. The van der Waals surface area contributed by atoms with Crippen molar-refractivity contribution in [3.05, 3.63) is 23.7 Å². The van der Waals surface area contributed by atoms with Gasteiger partial charge in [0.15, 0.2) is 0 Å². The number of rotatable bonds is 4. The SMILES string of the molecule is COC(=O)[C@H]1CN(C(=O)c2ccoc2C2(O)CCOCC2)C[C@@H]1C1CC1. The molecule has 0 unspecified atom stereocenters. The molecule has 4 rings (SSSR count). The third-order valence-corrected chi connectivity index (χ3v) is 6.02. The lowest BCUT2D eigenvalue weighted by molar-refractivity contribution is -0.146. The molecule has 2 aliphatic heterocycles. The fraction of sp³-hybridized carbons (Fsp3) is 0.684. The number of carbonyl (C=O) groups is 2. The zero-order chi connectivity index (χ0) is 18.3. The summed E-state index contributed by atoms with van der Waals surface area (Å²) in [4.78, 5) is 27.0. The van der Waals surface area contributed by atoms with Gasteiger partial charge in [0, 0.05) is 39.1 Å². The molecule has 0 spiro atoms. The first-order valence-corrected chi connectivity index (χ1v) is 9.28. The van der Waals surface area contributed by atoms with Crippen molar-refractivity contribution in [2.45, 2.75) is 31.3 Å². The summed E-state index contributed by atoms with van der Waals surface area (Å²) in [6.45, 7) is 1.78. The molecule has 142 valence electrons. The van der Waals surface area contributed by atoms with E-state index in [2.05, 4.69) is 0 Å². The van der Waals surface area contributed by atoms with Gasteiger partial charge in [-0.3, -0.25) is 9.59 Å². The molecule has 7 nitrogen and oxygen atoms in total. The van der Waals surface area contributed by atoms with Gasteiger partial charge in [-0.2, -0.15) is 0 Å². The number of esters is 1. The second-order valence-corrected chi connectivity index (χ2v) is 7.65. The summed E-state index contributed by atoms with van der Waals surface area (Å²) in [6, 6.07) is 1.61. The monoisotopic (exact) mass is 363 g/mol. The van der Waals surface area contributed by atoms with Crippen LogP contribution in [-0.4, -0.2) is 55.3 Å². The molecule has 26 heavy (non-hydrogen) atoms. The van der Waals surface area contributed by atoms with Gasteiger partial charge in [0.2, 0.25) is 0 Å². The van der Waals surface area contributed by atoms with Gasteiger partial charge in [-0.1, -0.05) is 0 Å². The van der Waals surface area contributed by atoms with Crippen molar-refractivity contribution >= 4 is 11.9 Å². The minimum atomic E-state index is -1.18. The van der Waals surface area contributed by atoms with Crippen LogP contribution < -0.4 is 0 Å². The lowest BCUT2D eigenvalue weighted by Gasteiger charge is -2.31. The molecule has 1 aliphatic carbocycles. The van der Waals surface area contributed by atoms with Gasteiger partial charge in [0.25, 0.3) is 5.91 Å². The van der Waals surface area contributed by atoms with Crippen LogP contribution in [0.1, 0.15) is 41.8 Å². The number of furan rings is 1. The van der Waals surface area contributed by atoms with Crippen molar-refractivity contribution in [3.8, 4) is 0 Å². The Kier molecular flexibility index (Phi) is 4.52. The van der Waals surface area contributed by atoms with Crippen molar-refractivity contribution in [2.75, 3.05) is 33.4 Å². The Morgan fingerprint density at radius 3 is 2.65 bits per heavy atom. The number of methoxy groups -OCH3 is 1. The van der Waals surface area contributed by atoms with Crippen molar-refractivity contribution in [1.82, 2.24) is 4.90 Å². The molecule has 1 aromatic rings. The summed E-state index contributed by atoms with van der Waals surface area (Å²) in [7, 11) is 1.39. The van der Waals surface area contributed by atoms with Crippen LogP contribution in [0.15, 0.2) is 16.7 Å². The van der Waals surface area contributed by atoms with Gasteiger partial charge in [-0.05, 0) is 30.7 Å². The van der Waals surface area contributed by atoms with Crippen LogP contribution in [0, 0.1) is 17.8 Å². The first-order chi connectivity index (χ1) is 12.5. The van der Waals surface area contributed by atoms with E-state index in [0.29, 0.717) is 56.4 Å². The number of aliphatic hydroxyl groups is 1. The molecule has 1 saturated carbocycles. The van der Waals surface area contributed by atoms with E-state index in [-0.39, 0.29) is 23.7 Å². The number of amides is 1. The molecule has 0 bridgehead atoms. The van der Waals surface area contributed by atoms with Crippen LogP contribution in [0.5, 0.6) is 0 Å². The van der Waals surface area contributed by atoms with E-state index in [1.807, 2.05) is 0 Å². The largest absolute Gasteiger partial charge is 0.469 e. The van der Waals surface area contributed by atoms with Crippen molar-refractivity contribution in [3.63, 3.8) is 0 Å². The van der Waals surface area contributed by atoms with E-state index >= 15 is 0 Å². The number of nitrogens with zero attached hydrogens (tertiary/aromatic N) is 1. The topological polar surface area (TPSA) is 89.2 Å². The molecule has 2 atom stereocenters. The van der Waals surface area contributed by atoms with E-state index in [0.717, 1.165) is 12.8 Å². The van der Waals surface area contributed by atoms with E-state index in [4.69, 9.17) is 13.9 Å². The Morgan fingerprint density at radius 1 is 1.27 bits per heavy atom. The zero-order valence-corrected chi connectivity index (χ0v) is 15.0. The molecule has 1 N–H and O–H groups in total. The van der Waals surface area contributed by atoms with Crippen LogP contribution in [-0.2, 0) is 19.9 Å². The average molecular weight is 363 g/mol. The summed E-state index contributed by atoms with van der Waals surface area (Å²) in [5, 5.41) is 10.9. The molecule has 7 heteroatoms. The second-order valence-electron chi connectivity index (χ2n) is 7.65. The number of ether oxygens (including phenoxy) is 2. The molecule has 3 aliphatic rings. The molecule has 1 aromatic heterocycles. The van der Waals surface area contributed by atoms with Crippen LogP contribution in [0.4, 0.5) is 0 Å². The Morgan fingerprint density at radius 2 is 2.00 bits per heavy atom. The summed E-state index contributed by atoms with van der Waals surface area (Å²) < 4.78 is 15.8. The van der Waals surface area contributed by atoms with Gasteiger partial charge in [0.05, 0.1) is 24.9 Å². The van der Waals surface area contributed by atoms with E-state index in [1.165, 1.54) is 13.4 Å². The fourth-order valence-corrected chi connectivity index (χ4v) is 4.34. The lowest BCUT2D eigenvalue weighted by atomic mass is 9.89. The maximum Gasteiger partial charge on any atom is 0.310 e. The first kappa shape index (κ1) is 17.5. The quantitative estimate of drug-likeness (QED) is 0.817. The molecule has 1 amide bonds. The Hall–Kier alpha value is -1.86. The minimum absolute atomic E-state index is 0.160. The Labute approximate surface area is 152 Å². The van der Waals surface area contributed by atoms with Crippen LogP contribution in [0.3, 0.4) is 0 Å². The molecule has 0 aromatic carbocycles. The Bertz CT molecular complexity index is 688. The van der Waals surface area contributed by atoms with Gasteiger partial charge >= 0.3 is 5.97 Å². The van der Waals surface area contributed by atoms with Gasteiger partial charge in [-0.25, -0.2) is 0 Å². The third-order valence-electron chi connectivity index (χ3n) is 6.02. The number of likely N-dealkylation sites (tertiary alicyclic amines) is 1. The molecule has 3 heterocycles. The van der Waals surface area contributed by atoms with E-state index in [9.17, 15) is 14.7 Å². The second kappa shape index (κ2) is 6.70. The normalized spacial score (nSPS) is 28.2. The highest BCUT2D eigenvalue weighted by atomic mass is 16.5. The summed E-state index contributed by atoms with van der Waals surface area (Å²) in [5.41, 5.74) is -0.793. The van der Waals surface area contributed by atoms with Crippen molar-refractivity contribution < 1.29 is 28.6 Å². The third kappa shape index (κ3) is 3.03. The van der Waals surface area contributed by atoms with E-state index < -0.39 is 5.60 Å². The maximum atomic E-state index is 13.1. The number of carbonyl (C=O) groups excluding carboxylic acids is 2. The summed E-state index contributed by atoms with van der Waals surface area (Å²) in [6.07, 6.45) is 4.46. The van der Waals surface area contributed by atoms with Crippen LogP contribution >= 0.6 is 0 Å². The average Bonchev–Trinajstić information content (AvgIpc) is 3.21. The summed E-state index contributed by atoms with van der Waals surface area (Å²) >= 11 is 0. The highest BCUT2D eigenvalue weighted by Gasteiger charge is 2.48. The smallest absolute Gasteiger partial charge is 0.310 e. The highest BCUT2D eigenvalue weighted by molar-refractivity contribution is 5.96. The zero-order valence-electron chi connectivity index (χ0n) is 15.0. The van der Waals surface area contributed by atoms with Gasteiger partial charge in [0.1, 0.15) is 11.4 Å². The first-order valence-electron chi connectivity index (χ1n) is 9.28. The van der Waals surface area contributed by atoms with Crippen LogP contribution in [0.25, 0.3) is 0 Å². The van der Waals surface area contributed by atoms with Gasteiger partial charge < -0.3 is 23.9 Å². The predicted octanol–water partition coefficient (Wildman–Crippen LogP) is 1.55. The van der Waals surface area contributed by atoms with E-state index in [1.54, 1.807) is 11.0 Å². The van der Waals surface area contributed by atoms with Crippen molar-refractivity contribution in [1.29, 1.82) is 0 Å². The standard InChI is InChI=1S/C19H25NO6/c1-24-18(22)15-11-20(10-14(15)12-2-3-12)17(21)13-4-7-26-16(13)19(23)5-8-25-9-6-19/h4,7,12,14-15,23H,2-3,5-6,8-11H2,1H3/t14-,15+/m1/s1. The van der Waals surface area contributed by atoms with Gasteiger partial charge in [-0.15, -0.1) is 0 Å². The highest BCUT2D eigenvalue weighted by Crippen LogP contribution is 2.45. The molecular formula is C19H25NO6. The summed E-state index contributed by atoms with van der Waals surface area (Å²) in [5.74, 6) is 0.278. The molecule has 2 saturated heterocycles.